The number of likely N-dealkylation sites (tertiary alicyclic amines) is 1. The second-order valence-electron chi connectivity index (χ2n) is 7.13. The number of piperidine rings is 1. The molecule has 0 saturated carbocycles. The van der Waals surface area contributed by atoms with Crippen LogP contribution < -0.4 is 5.32 Å². The quantitative estimate of drug-likeness (QED) is 0.903. The Morgan fingerprint density at radius 1 is 1.14 bits per heavy atom. The van der Waals surface area contributed by atoms with Gasteiger partial charge in [0.05, 0.1) is 0 Å². The first-order chi connectivity index (χ1) is 10.2. The Labute approximate surface area is 126 Å². The fourth-order valence-corrected chi connectivity index (χ4v) is 4.36. The molecule has 3 heteroatoms. The second kappa shape index (κ2) is 5.13. The van der Waals surface area contributed by atoms with E-state index in [0.717, 1.165) is 45.4 Å². The molecule has 21 heavy (non-hydrogen) atoms. The van der Waals surface area contributed by atoms with E-state index in [2.05, 4.69) is 28.4 Å². The van der Waals surface area contributed by atoms with Gasteiger partial charge in [0.15, 0.2) is 0 Å². The summed E-state index contributed by atoms with van der Waals surface area (Å²) in [6.07, 6.45) is 6.80. The maximum absolute atomic E-state index is 12.4. The van der Waals surface area contributed by atoms with Crippen molar-refractivity contribution in [2.24, 2.45) is 5.41 Å². The number of nitrogens with zero attached hydrogens (tertiary/aromatic N) is 1. The molecule has 2 aliphatic heterocycles. The molecule has 2 heterocycles. The van der Waals surface area contributed by atoms with Gasteiger partial charge in [0, 0.05) is 19.5 Å². The first-order valence-electron chi connectivity index (χ1n) is 8.33. The fourth-order valence-electron chi connectivity index (χ4n) is 4.36. The Bertz CT molecular complexity index is 560. The number of nitrogens with one attached hydrogen (secondary N) is 1. The van der Waals surface area contributed by atoms with E-state index < -0.39 is 0 Å². The van der Waals surface area contributed by atoms with Crippen LogP contribution in [-0.2, 0) is 24.2 Å². The van der Waals surface area contributed by atoms with Crippen LogP contribution in [0.5, 0.6) is 0 Å². The SMILES string of the molecule is O=C1CC2(CCNCC2)CN1Cc1ccc2c(c1)CCC2. The second-order valence-corrected chi connectivity index (χ2v) is 7.13. The molecule has 0 radical (unpaired) electrons. The Hall–Kier alpha value is -1.35. The van der Waals surface area contributed by atoms with Crippen LogP contribution in [0.4, 0.5) is 0 Å². The predicted molar refractivity (Wildman–Crippen MR) is 83.0 cm³/mol. The van der Waals surface area contributed by atoms with E-state index in [1.54, 1.807) is 0 Å². The summed E-state index contributed by atoms with van der Waals surface area (Å²) in [7, 11) is 0. The molecule has 0 aromatic heterocycles. The minimum atomic E-state index is 0.263. The first kappa shape index (κ1) is 13.3. The summed E-state index contributed by atoms with van der Waals surface area (Å²) in [5.74, 6) is 0.359. The van der Waals surface area contributed by atoms with Gasteiger partial charge < -0.3 is 10.2 Å². The third kappa shape index (κ3) is 2.48. The van der Waals surface area contributed by atoms with Crippen molar-refractivity contribution >= 4 is 5.91 Å². The van der Waals surface area contributed by atoms with Crippen LogP contribution in [0.25, 0.3) is 0 Å². The molecular formula is C18H24N2O. The Kier molecular flexibility index (Phi) is 3.26. The van der Waals surface area contributed by atoms with Gasteiger partial charge in [-0.2, -0.15) is 0 Å². The normalized spacial score (nSPS) is 23.8. The van der Waals surface area contributed by atoms with Crippen molar-refractivity contribution in [3.05, 3.63) is 34.9 Å². The molecule has 3 nitrogen and oxygen atoms in total. The molecule has 1 spiro atoms. The third-order valence-corrected chi connectivity index (χ3v) is 5.61. The van der Waals surface area contributed by atoms with Gasteiger partial charge in [-0.25, -0.2) is 0 Å². The van der Waals surface area contributed by atoms with Crippen molar-refractivity contribution in [2.45, 2.75) is 45.1 Å². The molecular weight excluding hydrogens is 260 g/mol. The van der Waals surface area contributed by atoms with Crippen molar-refractivity contribution in [3.63, 3.8) is 0 Å². The standard InChI is InChI=1S/C18H24N2O/c21-17-11-18(6-8-19-9-7-18)13-20(17)12-14-4-5-15-2-1-3-16(15)10-14/h4-5,10,19H,1-3,6-9,11-13H2. The maximum atomic E-state index is 12.4. The van der Waals surface area contributed by atoms with E-state index in [9.17, 15) is 4.79 Å². The Morgan fingerprint density at radius 3 is 2.81 bits per heavy atom. The summed E-state index contributed by atoms with van der Waals surface area (Å²) in [5.41, 5.74) is 4.60. The number of carbonyl (C=O) groups excluding carboxylic acids is 1. The summed E-state index contributed by atoms with van der Waals surface area (Å²) in [6.45, 7) is 3.91. The minimum absolute atomic E-state index is 0.263. The molecule has 3 aliphatic rings. The third-order valence-electron chi connectivity index (χ3n) is 5.61. The predicted octanol–water partition coefficient (Wildman–Crippen LogP) is 2.28. The highest BCUT2D eigenvalue weighted by Gasteiger charge is 2.43. The average molecular weight is 284 g/mol. The largest absolute Gasteiger partial charge is 0.338 e. The number of hydrogen-bond donors (Lipinski definition) is 1. The zero-order valence-corrected chi connectivity index (χ0v) is 12.7. The van der Waals surface area contributed by atoms with Gasteiger partial charge in [-0.05, 0) is 67.3 Å². The van der Waals surface area contributed by atoms with Crippen molar-refractivity contribution in [2.75, 3.05) is 19.6 Å². The highest BCUT2D eigenvalue weighted by atomic mass is 16.2. The number of fused-ring (bicyclic) bond motifs is 1. The highest BCUT2D eigenvalue weighted by Crippen LogP contribution is 2.39. The smallest absolute Gasteiger partial charge is 0.223 e. The molecule has 1 amide bonds. The molecule has 0 atom stereocenters. The molecule has 1 N–H and O–H groups in total. The van der Waals surface area contributed by atoms with Gasteiger partial charge in [-0.3, -0.25) is 4.79 Å². The van der Waals surface area contributed by atoms with E-state index in [0.29, 0.717) is 5.91 Å². The molecule has 0 bridgehead atoms. The zero-order valence-electron chi connectivity index (χ0n) is 12.7. The van der Waals surface area contributed by atoms with Crippen LogP contribution in [0.2, 0.25) is 0 Å². The Morgan fingerprint density at radius 2 is 1.95 bits per heavy atom. The van der Waals surface area contributed by atoms with E-state index in [4.69, 9.17) is 0 Å². The van der Waals surface area contributed by atoms with Crippen LogP contribution in [0.1, 0.15) is 42.4 Å². The molecule has 1 aromatic rings. The molecule has 2 fully saturated rings. The summed E-state index contributed by atoms with van der Waals surface area (Å²) < 4.78 is 0. The molecule has 2 saturated heterocycles. The number of amides is 1. The molecule has 1 aliphatic carbocycles. The van der Waals surface area contributed by atoms with Crippen molar-refractivity contribution in [1.29, 1.82) is 0 Å². The van der Waals surface area contributed by atoms with Gasteiger partial charge in [0.25, 0.3) is 0 Å². The van der Waals surface area contributed by atoms with Gasteiger partial charge in [0.1, 0.15) is 0 Å². The van der Waals surface area contributed by atoms with E-state index >= 15 is 0 Å². The van der Waals surface area contributed by atoms with Crippen molar-refractivity contribution in [1.82, 2.24) is 10.2 Å². The van der Waals surface area contributed by atoms with E-state index in [1.807, 2.05) is 0 Å². The summed E-state index contributed by atoms with van der Waals surface area (Å²) in [5, 5.41) is 3.41. The van der Waals surface area contributed by atoms with Crippen LogP contribution in [0.3, 0.4) is 0 Å². The number of carbonyl (C=O) groups is 1. The first-order valence-corrected chi connectivity index (χ1v) is 8.33. The molecule has 4 rings (SSSR count). The lowest BCUT2D eigenvalue weighted by Crippen LogP contribution is -2.38. The van der Waals surface area contributed by atoms with E-state index in [-0.39, 0.29) is 5.41 Å². The van der Waals surface area contributed by atoms with Gasteiger partial charge in [-0.1, -0.05) is 18.2 Å². The maximum Gasteiger partial charge on any atom is 0.223 e. The van der Waals surface area contributed by atoms with E-state index in [1.165, 1.54) is 36.0 Å². The average Bonchev–Trinajstić information content (AvgIpc) is 3.05. The van der Waals surface area contributed by atoms with Crippen LogP contribution in [-0.4, -0.2) is 30.4 Å². The molecule has 112 valence electrons. The highest BCUT2D eigenvalue weighted by molar-refractivity contribution is 5.79. The number of aryl methyl sites for hydroxylation is 2. The van der Waals surface area contributed by atoms with Crippen molar-refractivity contribution < 1.29 is 4.79 Å². The van der Waals surface area contributed by atoms with Crippen LogP contribution in [0, 0.1) is 5.41 Å². The van der Waals surface area contributed by atoms with Crippen LogP contribution in [0.15, 0.2) is 18.2 Å². The lowest BCUT2D eigenvalue weighted by atomic mass is 9.78. The number of hydrogen-bond acceptors (Lipinski definition) is 2. The minimum Gasteiger partial charge on any atom is -0.338 e. The fraction of sp³-hybridized carbons (Fsp3) is 0.611. The molecule has 1 aromatic carbocycles. The van der Waals surface area contributed by atoms with Gasteiger partial charge in [0.2, 0.25) is 5.91 Å². The monoisotopic (exact) mass is 284 g/mol. The van der Waals surface area contributed by atoms with Crippen molar-refractivity contribution in [3.8, 4) is 0 Å². The summed E-state index contributed by atoms with van der Waals surface area (Å²) >= 11 is 0. The number of rotatable bonds is 2. The zero-order chi connectivity index (χ0) is 14.3. The lowest BCUT2D eigenvalue weighted by Gasteiger charge is -2.33. The lowest BCUT2D eigenvalue weighted by molar-refractivity contribution is -0.128. The topological polar surface area (TPSA) is 32.3 Å². The summed E-state index contributed by atoms with van der Waals surface area (Å²) in [4.78, 5) is 14.5. The van der Waals surface area contributed by atoms with Crippen LogP contribution >= 0.6 is 0 Å². The van der Waals surface area contributed by atoms with Gasteiger partial charge in [-0.15, -0.1) is 0 Å². The molecule has 0 unspecified atom stereocenters. The Balaban J connectivity index is 1.48. The van der Waals surface area contributed by atoms with Gasteiger partial charge >= 0.3 is 0 Å². The number of benzene rings is 1. The summed E-state index contributed by atoms with van der Waals surface area (Å²) in [6, 6.07) is 6.84.